The van der Waals surface area contributed by atoms with Gasteiger partial charge >= 0.3 is 8.56 Å². The van der Waals surface area contributed by atoms with Crippen molar-refractivity contribution in [3.8, 4) is 0 Å². The van der Waals surface area contributed by atoms with E-state index >= 15 is 0 Å². The minimum atomic E-state index is -2.30. The first-order valence-corrected chi connectivity index (χ1v) is 43.7. The monoisotopic (exact) mass is 1270 g/mol. The molecule has 0 bridgehead atoms. The smallest absolute Gasteiger partial charge is 0.311 e. The molecule has 0 radical (unpaired) electrons. The molecule has 0 N–H and O–H groups in total. The third-order valence-corrected chi connectivity index (χ3v) is 30.9. The number of nitrogens with zero attached hydrogens (tertiary/aromatic N) is 4. The number of rotatable bonds is 40. The van der Waals surface area contributed by atoms with Crippen LogP contribution in [0.2, 0.25) is 51.4 Å². The van der Waals surface area contributed by atoms with Gasteiger partial charge in [-0.2, -0.15) is 0 Å². The summed E-state index contributed by atoms with van der Waals surface area (Å²) in [6, 6.07) is 15.7. The average molecular weight is 1270 g/mol. The Labute approximate surface area is 534 Å². The molecule has 0 aromatic heterocycles. The van der Waals surface area contributed by atoms with Crippen LogP contribution < -0.4 is 0 Å². The Morgan fingerprint density at radius 2 is 0.539 bits per heavy atom. The SMILES string of the molecule is CCCCC(CC)CN1C(=O)c2ccc3c4c(ccc(c24)C1=O)C(=O)N(CCCCCCCCCCC[Si](C)(C)O[Si](C)(C)O[Si](C)(C)CCCCCCCCCCCN1C(=O)c2ccc4c5c(ccc(c25)C1=O)C(=O)N(CC(CC)CCCC)C4=O)C3=O. The highest BCUT2D eigenvalue weighted by molar-refractivity contribution is 6.87. The largest absolute Gasteiger partial charge is 0.437 e. The van der Waals surface area contributed by atoms with Crippen LogP contribution in [0, 0.1) is 11.8 Å². The lowest BCUT2D eigenvalue weighted by Gasteiger charge is -2.39. The molecule has 4 aliphatic heterocycles. The molecule has 8 amide bonds. The number of carbonyl (C=O) groups excluding carboxylic acids is 8. The summed E-state index contributed by atoms with van der Waals surface area (Å²) in [5.74, 6) is -2.35. The van der Waals surface area contributed by atoms with Crippen molar-refractivity contribution in [3.05, 3.63) is 93.0 Å². The van der Waals surface area contributed by atoms with Crippen molar-refractivity contribution in [2.45, 2.75) is 246 Å². The van der Waals surface area contributed by atoms with Crippen LogP contribution in [0.25, 0.3) is 21.5 Å². The molecular weight excluding hydrogens is 1170 g/mol. The fourth-order valence-corrected chi connectivity index (χ4v) is 28.8. The van der Waals surface area contributed by atoms with Crippen LogP contribution in [0.4, 0.5) is 0 Å². The number of unbranched alkanes of at least 4 members (excludes halogenated alkanes) is 18. The van der Waals surface area contributed by atoms with Crippen molar-refractivity contribution >= 4 is 94.0 Å². The predicted molar refractivity (Wildman–Crippen MR) is 363 cm³/mol. The molecule has 484 valence electrons. The van der Waals surface area contributed by atoms with Crippen LogP contribution in [0.5, 0.6) is 0 Å². The first-order chi connectivity index (χ1) is 42.6. The van der Waals surface area contributed by atoms with Crippen molar-refractivity contribution < 1.29 is 46.6 Å². The second-order valence-electron chi connectivity index (χ2n) is 27.9. The Bertz CT molecular complexity index is 2910. The van der Waals surface area contributed by atoms with Crippen LogP contribution >= 0.6 is 0 Å². The van der Waals surface area contributed by atoms with E-state index in [0.29, 0.717) is 92.2 Å². The maximum absolute atomic E-state index is 13.8. The number of carbonyl (C=O) groups is 8. The molecular formula is C72H104N4O10Si3. The van der Waals surface area contributed by atoms with Crippen molar-refractivity contribution in [2.75, 3.05) is 26.2 Å². The molecule has 8 rings (SSSR count). The summed E-state index contributed by atoms with van der Waals surface area (Å²) in [6.45, 7) is 23.8. The summed E-state index contributed by atoms with van der Waals surface area (Å²) in [5.41, 5.74) is 3.09. The normalized spacial score (nSPS) is 15.9. The van der Waals surface area contributed by atoms with Crippen LogP contribution in [-0.2, 0) is 8.23 Å². The zero-order valence-electron chi connectivity index (χ0n) is 55.8. The fraction of sp³-hybridized carbons (Fsp3) is 0.611. The fourth-order valence-electron chi connectivity index (χ4n) is 14.6. The molecule has 89 heavy (non-hydrogen) atoms. The highest BCUT2D eigenvalue weighted by Crippen LogP contribution is 2.41. The van der Waals surface area contributed by atoms with Crippen LogP contribution in [-0.4, -0.2) is 118 Å². The van der Waals surface area contributed by atoms with Crippen molar-refractivity contribution in [3.63, 3.8) is 0 Å². The van der Waals surface area contributed by atoms with Gasteiger partial charge in [-0.05, 0) is 137 Å². The zero-order valence-corrected chi connectivity index (χ0v) is 58.8. The standard InChI is InChI=1S/C72H104N4O10Si3/c1-11-15-35-51(13-3)49-75-69(81)57-41-37-53-61-54(38-42-58(63(57)61)70(75)82)66(78)73(65(53)77)45-31-27-23-19-17-21-25-29-33-47-87(5,6)85-89(9,10)86-88(7,8)48-34-30-26-22-18-20-24-28-32-46-74-67(79)55-39-43-59-64-60(44-40-56(62(55)64)68(74)80)72(84)76(71(59)83)50-52(14-4)36-16-12-2/h37-44,51-52H,11-36,45-50H2,1-10H3. The number of imide groups is 4. The second-order valence-corrected chi connectivity index (χ2v) is 40.4. The first kappa shape index (κ1) is 69.4. The number of benzene rings is 4. The Balaban J connectivity index is 0.646. The molecule has 4 aliphatic rings. The topological polar surface area (TPSA) is 168 Å². The van der Waals surface area contributed by atoms with E-state index in [0.717, 1.165) is 115 Å². The van der Waals surface area contributed by atoms with E-state index in [-0.39, 0.29) is 59.1 Å². The Kier molecular flexibility index (Phi) is 24.4. The lowest BCUT2D eigenvalue weighted by molar-refractivity contribution is 0.0564. The van der Waals surface area contributed by atoms with Gasteiger partial charge in [0.1, 0.15) is 0 Å². The van der Waals surface area contributed by atoms with Crippen LogP contribution in [0.1, 0.15) is 278 Å². The second kappa shape index (κ2) is 31.2. The maximum Gasteiger partial charge on any atom is 0.311 e. The van der Waals surface area contributed by atoms with Gasteiger partial charge in [-0.3, -0.25) is 58.0 Å². The molecule has 2 unspecified atom stereocenters. The Morgan fingerprint density at radius 1 is 0.315 bits per heavy atom. The minimum absolute atomic E-state index is 0.225. The average Bonchev–Trinajstić information content (AvgIpc) is 0.727. The predicted octanol–water partition coefficient (Wildman–Crippen LogP) is 17.7. The molecule has 2 atom stereocenters. The van der Waals surface area contributed by atoms with E-state index < -0.39 is 25.2 Å². The highest BCUT2D eigenvalue weighted by Gasteiger charge is 2.43. The van der Waals surface area contributed by atoms with E-state index in [1.54, 1.807) is 48.5 Å². The molecule has 0 saturated heterocycles. The van der Waals surface area contributed by atoms with Gasteiger partial charge in [0.2, 0.25) is 0 Å². The lowest BCUT2D eigenvalue weighted by atomic mass is 9.85. The molecule has 4 aromatic rings. The first-order valence-electron chi connectivity index (χ1n) is 34.6. The summed E-state index contributed by atoms with van der Waals surface area (Å²) in [6.07, 6.45) is 27.4. The van der Waals surface area contributed by atoms with Gasteiger partial charge in [0, 0.05) is 92.2 Å². The van der Waals surface area contributed by atoms with E-state index in [1.807, 2.05) is 0 Å². The molecule has 14 nitrogen and oxygen atoms in total. The van der Waals surface area contributed by atoms with E-state index in [4.69, 9.17) is 8.23 Å². The summed E-state index contributed by atoms with van der Waals surface area (Å²) in [7, 11) is -6.10. The van der Waals surface area contributed by atoms with Crippen molar-refractivity contribution in [1.29, 1.82) is 0 Å². The van der Waals surface area contributed by atoms with Gasteiger partial charge in [-0.1, -0.05) is 169 Å². The molecule has 0 saturated carbocycles. The number of hydrogen-bond acceptors (Lipinski definition) is 10. The summed E-state index contributed by atoms with van der Waals surface area (Å²) < 4.78 is 13.9. The van der Waals surface area contributed by atoms with E-state index in [2.05, 4.69) is 67.0 Å². The van der Waals surface area contributed by atoms with Gasteiger partial charge in [0.25, 0.3) is 47.3 Å². The minimum Gasteiger partial charge on any atom is -0.437 e. The molecule has 4 heterocycles. The quantitative estimate of drug-likeness (QED) is 0.0237. The van der Waals surface area contributed by atoms with Gasteiger partial charge in [-0.15, -0.1) is 0 Å². The summed E-state index contributed by atoms with van der Waals surface area (Å²) >= 11 is 0. The van der Waals surface area contributed by atoms with Crippen LogP contribution in [0.15, 0.2) is 48.5 Å². The lowest BCUT2D eigenvalue weighted by Crippen LogP contribution is -2.52. The Hall–Kier alpha value is -5.47. The molecule has 0 spiro atoms. The summed E-state index contributed by atoms with van der Waals surface area (Å²) in [5, 5.41) is 1.76. The number of hydrogen-bond donors (Lipinski definition) is 0. The van der Waals surface area contributed by atoms with Crippen molar-refractivity contribution in [1.82, 2.24) is 19.6 Å². The van der Waals surface area contributed by atoms with E-state index in [1.165, 1.54) is 83.8 Å². The molecule has 0 fully saturated rings. The van der Waals surface area contributed by atoms with Crippen LogP contribution in [0.3, 0.4) is 0 Å². The van der Waals surface area contributed by atoms with E-state index in [9.17, 15) is 38.4 Å². The molecule has 4 aromatic carbocycles. The van der Waals surface area contributed by atoms with Gasteiger partial charge in [0.05, 0.1) is 0 Å². The number of amides is 8. The molecule has 17 heteroatoms. The summed E-state index contributed by atoms with van der Waals surface area (Å²) in [4.78, 5) is 116. The zero-order chi connectivity index (χ0) is 64.2. The van der Waals surface area contributed by atoms with Gasteiger partial charge in [-0.25, -0.2) is 0 Å². The van der Waals surface area contributed by atoms with Gasteiger partial charge < -0.3 is 8.23 Å². The maximum atomic E-state index is 13.8. The third kappa shape index (κ3) is 16.4. The Morgan fingerprint density at radius 3 is 0.775 bits per heavy atom. The third-order valence-electron chi connectivity index (χ3n) is 19.5. The van der Waals surface area contributed by atoms with Gasteiger partial charge in [0.15, 0.2) is 16.6 Å². The molecule has 0 aliphatic carbocycles. The highest BCUT2D eigenvalue weighted by atomic mass is 28.5. The van der Waals surface area contributed by atoms with Crippen molar-refractivity contribution in [2.24, 2.45) is 11.8 Å².